The standard InChI is InChI=1S/C21H20N4O4S2/c1-27-16-9-13(10-17(28-2)20(16)29-3)23-19(26)12-31-21-15-11-14(18-5-4-8-30-18)24-25(15)7-6-22-21/h4-11H,12H2,1-3H3,(H,23,26). The van der Waals surface area contributed by atoms with Gasteiger partial charge in [-0.2, -0.15) is 5.10 Å². The lowest BCUT2D eigenvalue weighted by Crippen LogP contribution is -2.14. The number of methoxy groups -OCH3 is 3. The molecule has 0 fully saturated rings. The lowest BCUT2D eigenvalue weighted by atomic mass is 10.2. The highest BCUT2D eigenvalue weighted by atomic mass is 32.2. The molecule has 0 radical (unpaired) electrons. The number of hydrogen-bond acceptors (Lipinski definition) is 8. The number of carbonyl (C=O) groups is 1. The van der Waals surface area contributed by atoms with Crippen LogP contribution in [-0.2, 0) is 4.79 Å². The third-order valence-electron chi connectivity index (χ3n) is 4.42. The second-order valence-corrected chi connectivity index (χ2v) is 8.23. The molecule has 0 unspecified atom stereocenters. The molecule has 0 aliphatic rings. The number of thioether (sulfide) groups is 1. The zero-order chi connectivity index (χ0) is 21.8. The number of anilines is 1. The molecule has 10 heteroatoms. The molecule has 0 aliphatic carbocycles. The maximum absolute atomic E-state index is 12.6. The number of rotatable bonds is 8. The fourth-order valence-corrected chi connectivity index (χ4v) is 4.50. The predicted molar refractivity (Wildman–Crippen MR) is 122 cm³/mol. The fourth-order valence-electron chi connectivity index (χ4n) is 3.04. The van der Waals surface area contributed by atoms with Gasteiger partial charge in [-0.05, 0) is 17.5 Å². The van der Waals surface area contributed by atoms with Crippen LogP contribution in [0.4, 0.5) is 5.69 Å². The highest BCUT2D eigenvalue weighted by molar-refractivity contribution is 8.00. The lowest BCUT2D eigenvalue weighted by Gasteiger charge is -2.14. The van der Waals surface area contributed by atoms with Crippen molar-refractivity contribution in [2.75, 3.05) is 32.4 Å². The number of ether oxygens (including phenoxy) is 3. The van der Waals surface area contributed by atoms with E-state index in [9.17, 15) is 4.79 Å². The Kier molecular flexibility index (Phi) is 6.28. The minimum Gasteiger partial charge on any atom is -0.493 e. The van der Waals surface area contributed by atoms with Crippen molar-refractivity contribution in [3.05, 3.63) is 48.1 Å². The Morgan fingerprint density at radius 2 is 1.94 bits per heavy atom. The molecule has 1 aromatic carbocycles. The van der Waals surface area contributed by atoms with E-state index in [-0.39, 0.29) is 11.7 Å². The summed E-state index contributed by atoms with van der Waals surface area (Å²) in [6.45, 7) is 0. The van der Waals surface area contributed by atoms with Gasteiger partial charge < -0.3 is 19.5 Å². The zero-order valence-electron chi connectivity index (χ0n) is 17.1. The first-order valence-corrected chi connectivity index (χ1v) is 11.1. The first-order valence-electron chi connectivity index (χ1n) is 9.24. The topological polar surface area (TPSA) is 87.0 Å². The van der Waals surface area contributed by atoms with E-state index in [0.29, 0.717) is 22.9 Å². The van der Waals surface area contributed by atoms with Gasteiger partial charge >= 0.3 is 0 Å². The first kappa shape index (κ1) is 21.0. The van der Waals surface area contributed by atoms with Crippen molar-refractivity contribution in [3.8, 4) is 27.8 Å². The summed E-state index contributed by atoms with van der Waals surface area (Å²) >= 11 is 2.98. The van der Waals surface area contributed by atoms with Gasteiger partial charge in [0.25, 0.3) is 0 Å². The Morgan fingerprint density at radius 3 is 2.58 bits per heavy atom. The quantitative estimate of drug-likeness (QED) is 0.397. The van der Waals surface area contributed by atoms with E-state index in [1.165, 1.54) is 33.1 Å². The number of benzene rings is 1. The van der Waals surface area contributed by atoms with Crippen LogP contribution in [0.5, 0.6) is 17.2 Å². The van der Waals surface area contributed by atoms with Gasteiger partial charge in [-0.3, -0.25) is 4.79 Å². The highest BCUT2D eigenvalue weighted by Crippen LogP contribution is 2.40. The molecule has 3 heterocycles. The van der Waals surface area contributed by atoms with Crippen molar-refractivity contribution < 1.29 is 19.0 Å². The molecular formula is C21H20N4O4S2. The number of nitrogens with one attached hydrogen (secondary N) is 1. The summed E-state index contributed by atoms with van der Waals surface area (Å²) in [5.74, 6) is 1.41. The number of carbonyl (C=O) groups excluding carboxylic acids is 1. The van der Waals surface area contributed by atoms with Crippen LogP contribution in [0.2, 0.25) is 0 Å². The minimum atomic E-state index is -0.180. The predicted octanol–water partition coefficient (Wildman–Crippen LogP) is 4.21. The molecular weight excluding hydrogens is 436 g/mol. The van der Waals surface area contributed by atoms with Crippen LogP contribution in [0.3, 0.4) is 0 Å². The first-order chi connectivity index (χ1) is 15.1. The van der Waals surface area contributed by atoms with Crippen LogP contribution >= 0.6 is 23.1 Å². The van der Waals surface area contributed by atoms with Gasteiger partial charge in [-0.25, -0.2) is 9.50 Å². The highest BCUT2D eigenvalue weighted by Gasteiger charge is 2.16. The summed E-state index contributed by atoms with van der Waals surface area (Å²) in [6.07, 6.45) is 3.48. The van der Waals surface area contributed by atoms with Gasteiger partial charge in [-0.15, -0.1) is 11.3 Å². The summed E-state index contributed by atoms with van der Waals surface area (Å²) in [5, 5.41) is 10.2. The number of thiophene rings is 1. The van der Waals surface area contributed by atoms with Gasteiger partial charge in [0, 0.05) is 30.2 Å². The van der Waals surface area contributed by atoms with Gasteiger partial charge in [0.05, 0.1) is 37.5 Å². The SMILES string of the molecule is COc1cc(NC(=O)CSc2nccn3nc(-c4cccs4)cc23)cc(OC)c1OC. The third-order valence-corrected chi connectivity index (χ3v) is 6.30. The molecule has 31 heavy (non-hydrogen) atoms. The monoisotopic (exact) mass is 456 g/mol. The largest absolute Gasteiger partial charge is 0.493 e. The van der Waals surface area contributed by atoms with Crippen molar-refractivity contribution >= 4 is 40.2 Å². The molecule has 4 aromatic rings. The van der Waals surface area contributed by atoms with E-state index in [0.717, 1.165) is 21.1 Å². The molecule has 0 bridgehead atoms. The lowest BCUT2D eigenvalue weighted by molar-refractivity contribution is -0.113. The van der Waals surface area contributed by atoms with Crippen molar-refractivity contribution in [2.24, 2.45) is 0 Å². The summed E-state index contributed by atoms with van der Waals surface area (Å²) in [5.41, 5.74) is 2.29. The summed E-state index contributed by atoms with van der Waals surface area (Å²) in [7, 11) is 4.59. The number of hydrogen-bond donors (Lipinski definition) is 1. The van der Waals surface area contributed by atoms with Crippen molar-refractivity contribution in [1.82, 2.24) is 14.6 Å². The van der Waals surface area contributed by atoms with Gasteiger partial charge in [-0.1, -0.05) is 17.8 Å². The Balaban J connectivity index is 1.49. The number of nitrogens with zero attached hydrogens (tertiary/aromatic N) is 3. The number of aromatic nitrogens is 3. The van der Waals surface area contributed by atoms with Crippen LogP contribution in [0.25, 0.3) is 16.1 Å². The molecule has 3 aromatic heterocycles. The summed E-state index contributed by atoms with van der Waals surface area (Å²) < 4.78 is 17.8. The molecule has 0 spiro atoms. The van der Waals surface area contributed by atoms with Crippen molar-refractivity contribution in [3.63, 3.8) is 0 Å². The van der Waals surface area contributed by atoms with Crippen LogP contribution < -0.4 is 19.5 Å². The van der Waals surface area contributed by atoms with Crippen LogP contribution in [0.15, 0.2) is 53.1 Å². The average Bonchev–Trinajstić information content (AvgIpc) is 3.46. The molecule has 0 atom stereocenters. The Morgan fingerprint density at radius 1 is 1.16 bits per heavy atom. The van der Waals surface area contributed by atoms with Gasteiger partial charge in [0.2, 0.25) is 11.7 Å². The Hall–Kier alpha value is -3.24. The third kappa shape index (κ3) is 4.44. The van der Waals surface area contributed by atoms with Crippen LogP contribution in [0, 0.1) is 0 Å². The number of fused-ring (bicyclic) bond motifs is 1. The molecule has 4 rings (SSSR count). The van der Waals surface area contributed by atoms with E-state index >= 15 is 0 Å². The van der Waals surface area contributed by atoms with E-state index in [4.69, 9.17) is 14.2 Å². The molecule has 0 aliphatic heterocycles. The van der Waals surface area contributed by atoms with Gasteiger partial charge in [0.15, 0.2) is 11.5 Å². The Labute approximate surface area is 187 Å². The molecule has 0 saturated heterocycles. The molecule has 8 nitrogen and oxygen atoms in total. The van der Waals surface area contributed by atoms with E-state index < -0.39 is 0 Å². The van der Waals surface area contributed by atoms with Crippen LogP contribution in [0.1, 0.15) is 0 Å². The van der Waals surface area contributed by atoms with Crippen molar-refractivity contribution in [1.29, 1.82) is 0 Å². The average molecular weight is 457 g/mol. The Bertz CT molecular complexity index is 1180. The maximum Gasteiger partial charge on any atom is 0.234 e. The van der Waals surface area contributed by atoms with E-state index in [1.54, 1.807) is 40.4 Å². The smallest absolute Gasteiger partial charge is 0.234 e. The molecule has 1 N–H and O–H groups in total. The molecule has 0 saturated carbocycles. The second kappa shape index (κ2) is 9.27. The summed E-state index contributed by atoms with van der Waals surface area (Å²) in [4.78, 5) is 18.1. The normalized spacial score (nSPS) is 10.8. The zero-order valence-corrected chi connectivity index (χ0v) is 18.8. The van der Waals surface area contributed by atoms with Crippen LogP contribution in [-0.4, -0.2) is 47.6 Å². The molecule has 1 amide bonds. The molecule has 160 valence electrons. The summed E-state index contributed by atoms with van der Waals surface area (Å²) in [6, 6.07) is 9.38. The minimum absolute atomic E-state index is 0.180. The van der Waals surface area contributed by atoms with E-state index in [1.807, 2.05) is 23.6 Å². The van der Waals surface area contributed by atoms with Gasteiger partial charge in [0.1, 0.15) is 10.7 Å². The second-order valence-electron chi connectivity index (χ2n) is 6.32. The van der Waals surface area contributed by atoms with E-state index in [2.05, 4.69) is 15.4 Å². The number of amides is 1. The fraction of sp³-hybridized carbons (Fsp3) is 0.190. The maximum atomic E-state index is 12.6. The van der Waals surface area contributed by atoms with Crippen molar-refractivity contribution in [2.45, 2.75) is 5.03 Å².